The maximum Gasteiger partial charge on any atom is 0.283 e. The molecule has 0 aromatic heterocycles. The number of thioether (sulfide) groups is 1. The predicted molar refractivity (Wildman–Crippen MR) is 129 cm³/mol. The van der Waals surface area contributed by atoms with Gasteiger partial charge in [-0.05, 0) is 42.2 Å². The molecular weight excluding hydrogens is 448 g/mol. The van der Waals surface area contributed by atoms with Gasteiger partial charge in [-0.2, -0.15) is 9.39 Å². The van der Waals surface area contributed by atoms with Gasteiger partial charge in [-0.15, -0.1) is 0 Å². The van der Waals surface area contributed by atoms with Crippen molar-refractivity contribution in [1.82, 2.24) is 4.90 Å². The first-order valence-electron chi connectivity index (χ1n) is 9.61. The number of ether oxygens (including phenoxy) is 3. The van der Waals surface area contributed by atoms with Crippen LogP contribution in [-0.4, -0.2) is 53.6 Å². The number of rotatable bonds is 7. The van der Waals surface area contributed by atoms with E-state index >= 15 is 0 Å². The van der Waals surface area contributed by atoms with Gasteiger partial charge in [0.15, 0.2) is 5.17 Å². The molecule has 10 heteroatoms. The number of fused-ring (bicyclic) bond motifs is 1. The molecule has 2 heterocycles. The summed E-state index contributed by atoms with van der Waals surface area (Å²) < 4.78 is 20.8. The molecule has 0 saturated carbocycles. The van der Waals surface area contributed by atoms with Gasteiger partial charge in [0.1, 0.15) is 36.3 Å². The molecular formula is C22H20N4O4S2. The Bertz CT molecular complexity index is 1130. The molecule has 4 rings (SSSR count). The molecule has 0 spiro atoms. The number of methoxy groups -OCH3 is 1. The number of aliphatic imine (C=N–C) groups is 1. The molecule has 0 unspecified atom stereocenters. The lowest BCUT2D eigenvalue weighted by Crippen LogP contribution is -2.41. The summed E-state index contributed by atoms with van der Waals surface area (Å²) in [6.45, 7) is 0.764. The highest BCUT2D eigenvalue weighted by Gasteiger charge is 2.36. The van der Waals surface area contributed by atoms with Crippen LogP contribution in [0.25, 0.3) is 6.08 Å². The number of nitrogens with zero attached hydrogens (tertiary/aromatic N) is 3. The first-order chi connectivity index (χ1) is 15.6. The van der Waals surface area contributed by atoms with Gasteiger partial charge in [0, 0.05) is 6.07 Å². The molecule has 1 N–H and O–H groups in total. The zero-order valence-corrected chi connectivity index (χ0v) is 19.0. The zero-order chi connectivity index (χ0) is 22.5. The van der Waals surface area contributed by atoms with Crippen molar-refractivity contribution < 1.29 is 19.0 Å². The van der Waals surface area contributed by atoms with Crippen LogP contribution in [0, 0.1) is 5.41 Å². The maximum atomic E-state index is 12.4. The van der Waals surface area contributed by atoms with Crippen LogP contribution < -0.4 is 14.2 Å². The topological polar surface area (TPSA) is 96.6 Å². The molecule has 0 fully saturated rings. The van der Waals surface area contributed by atoms with Crippen LogP contribution in [0.2, 0.25) is 0 Å². The third kappa shape index (κ3) is 4.81. The quantitative estimate of drug-likeness (QED) is 0.371. The number of hydrogen-bond acceptors (Lipinski definition) is 8. The van der Waals surface area contributed by atoms with Gasteiger partial charge in [0.2, 0.25) is 5.17 Å². The third-order valence-corrected chi connectivity index (χ3v) is 5.99. The summed E-state index contributed by atoms with van der Waals surface area (Å²) in [5.41, 5.74) is 0.990. The molecule has 2 aromatic rings. The van der Waals surface area contributed by atoms with E-state index in [0.717, 1.165) is 23.3 Å². The number of carbonyl (C=O) groups excluding carboxylic acids is 1. The Morgan fingerprint density at radius 2 is 1.81 bits per heavy atom. The smallest absolute Gasteiger partial charge is 0.283 e. The highest BCUT2D eigenvalue weighted by Crippen LogP contribution is 2.31. The van der Waals surface area contributed by atoms with Crippen molar-refractivity contribution in [3.05, 3.63) is 59.7 Å². The van der Waals surface area contributed by atoms with Gasteiger partial charge in [-0.25, -0.2) is 4.90 Å². The second kappa shape index (κ2) is 9.92. The highest BCUT2D eigenvalue weighted by atomic mass is 32.2. The summed E-state index contributed by atoms with van der Waals surface area (Å²) in [4.78, 5) is 18.0. The van der Waals surface area contributed by atoms with Crippen LogP contribution in [0.4, 0.5) is 0 Å². The summed E-state index contributed by atoms with van der Waals surface area (Å²) >= 11 is 2.51. The summed E-state index contributed by atoms with van der Waals surface area (Å²) in [6, 6.07) is 14.7. The van der Waals surface area contributed by atoms with Crippen LogP contribution in [0.5, 0.6) is 17.2 Å². The highest BCUT2D eigenvalue weighted by molar-refractivity contribution is 8.18. The molecule has 0 bridgehead atoms. The Morgan fingerprint density at radius 1 is 1.09 bits per heavy atom. The van der Waals surface area contributed by atoms with E-state index in [9.17, 15) is 4.79 Å². The van der Waals surface area contributed by atoms with E-state index < -0.39 is 5.91 Å². The largest absolute Gasteiger partial charge is 0.497 e. The van der Waals surface area contributed by atoms with Gasteiger partial charge in [0.05, 0.1) is 24.6 Å². The molecule has 0 aliphatic carbocycles. The van der Waals surface area contributed by atoms with E-state index in [0.29, 0.717) is 35.0 Å². The van der Waals surface area contributed by atoms with Gasteiger partial charge >= 0.3 is 0 Å². The SMILES string of the molecule is COc1cccc(OCCOc2ccc(/C=C3/C(=N)N4C(SC)=NSC4=NC3=O)cc2)c1. The van der Waals surface area contributed by atoms with Crippen LogP contribution in [-0.2, 0) is 4.79 Å². The average Bonchev–Trinajstić information content (AvgIpc) is 3.23. The Hall–Kier alpha value is -3.24. The predicted octanol–water partition coefficient (Wildman–Crippen LogP) is 4.09. The molecule has 2 aliphatic heterocycles. The second-order valence-electron chi connectivity index (χ2n) is 6.56. The fraction of sp³-hybridized carbons (Fsp3) is 0.182. The molecule has 32 heavy (non-hydrogen) atoms. The minimum atomic E-state index is -0.443. The Morgan fingerprint density at radius 3 is 2.53 bits per heavy atom. The molecule has 2 aliphatic rings. The lowest BCUT2D eigenvalue weighted by Gasteiger charge is -2.23. The van der Waals surface area contributed by atoms with Crippen molar-refractivity contribution in [2.75, 3.05) is 26.6 Å². The number of amides is 1. The van der Waals surface area contributed by atoms with E-state index in [2.05, 4.69) is 9.39 Å². The Balaban J connectivity index is 1.35. The van der Waals surface area contributed by atoms with Crippen LogP contribution in [0.1, 0.15) is 5.56 Å². The van der Waals surface area contributed by atoms with E-state index in [4.69, 9.17) is 19.6 Å². The molecule has 1 amide bonds. The molecule has 0 saturated heterocycles. The van der Waals surface area contributed by atoms with Crippen LogP contribution in [0.3, 0.4) is 0 Å². The van der Waals surface area contributed by atoms with Gasteiger partial charge in [0.25, 0.3) is 5.91 Å². The lowest BCUT2D eigenvalue weighted by atomic mass is 10.1. The van der Waals surface area contributed by atoms with Crippen molar-refractivity contribution in [2.24, 2.45) is 9.39 Å². The lowest BCUT2D eigenvalue weighted by molar-refractivity contribution is -0.114. The molecule has 0 atom stereocenters. The summed E-state index contributed by atoms with van der Waals surface area (Å²) in [7, 11) is 1.61. The summed E-state index contributed by atoms with van der Waals surface area (Å²) in [5, 5.41) is 9.49. The van der Waals surface area contributed by atoms with E-state index in [1.165, 1.54) is 11.8 Å². The normalized spacial score (nSPS) is 16.6. The van der Waals surface area contributed by atoms with Gasteiger partial charge < -0.3 is 14.2 Å². The molecule has 0 radical (unpaired) electrons. The number of hydrogen-bond donors (Lipinski definition) is 1. The zero-order valence-electron chi connectivity index (χ0n) is 17.4. The van der Waals surface area contributed by atoms with E-state index in [1.807, 2.05) is 54.8 Å². The van der Waals surface area contributed by atoms with Crippen molar-refractivity contribution >= 4 is 51.9 Å². The average molecular weight is 469 g/mol. The number of benzene rings is 2. The number of nitrogens with one attached hydrogen (secondary N) is 1. The summed E-state index contributed by atoms with van der Waals surface area (Å²) in [5.74, 6) is 1.76. The molecule has 8 nitrogen and oxygen atoms in total. The van der Waals surface area contributed by atoms with Gasteiger partial charge in [-0.3, -0.25) is 10.2 Å². The first-order valence-corrected chi connectivity index (χ1v) is 11.6. The van der Waals surface area contributed by atoms with Crippen LogP contribution in [0.15, 0.2) is 63.5 Å². The van der Waals surface area contributed by atoms with Crippen molar-refractivity contribution in [3.63, 3.8) is 0 Å². The fourth-order valence-electron chi connectivity index (χ4n) is 2.97. The standard InChI is InChI=1S/C22H20N4O4S2/c1-28-16-4-3-5-17(13-16)30-11-10-29-15-8-6-14(7-9-15)12-18-19(23)26-21(24-20(18)27)32-25-22(26)31-2/h3-9,12-13,23H,10-11H2,1-2H3/b18-12-,23-19?. The maximum absolute atomic E-state index is 12.4. The van der Waals surface area contributed by atoms with E-state index in [1.54, 1.807) is 18.1 Å². The van der Waals surface area contributed by atoms with Crippen LogP contribution >= 0.6 is 23.7 Å². The monoisotopic (exact) mass is 468 g/mol. The molecule has 164 valence electrons. The minimum Gasteiger partial charge on any atom is -0.497 e. The van der Waals surface area contributed by atoms with Gasteiger partial charge in [-0.1, -0.05) is 30.0 Å². The fourth-order valence-corrected chi connectivity index (χ4v) is 4.42. The summed E-state index contributed by atoms with van der Waals surface area (Å²) in [6.07, 6.45) is 3.53. The third-order valence-electron chi connectivity index (χ3n) is 4.53. The first kappa shape index (κ1) is 22.0. The Kier molecular flexibility index (Phi) is 6.81. The van der Waals surface area contributed by atoms with E-state index in [-0.39, 0.29) is 11.4 Å². The minimum absolute atomic E-state index is 0.0770. The Labute approximate surface area is 194 Å². The number of carbonyl (C=O) groups is 1. The van der Waals surface area contributed by atoms with Crippen molar-refractivity contribution in [2.45, 2.75) is 0 Å². The number of amidine groups is 3. The van der Waals surface area contributed by atoms with Crippen molar-refractivity contribution in [1.29, 1.82) is 5.41 Å². The molecule has 2 aromatic carbocycles. The second-order valence-corrected chi connectivity index (χ2v) is 8.06. The van der Waals surface area contributed by atoms with Crippen molar-refractivity contribution in [3.8, 4) is 17.2 Å².